The van der Waals surface area contributed by atoms with Crippen LogP contribution >= 0.6 is 0 Å². The Morgan fingerprint density at radius 2 is 1.67 bits per heavy atom. The number of carbonyl (C=O) groups is 2. The Balaban J connectivity index is 2.00. The molecule has 0 aromatic heterocycles. The van der Waals surface area contributed by atoms with E-state index in [1.807, 2.05) is 25.1 Å². The van der Waals surface area contributed by atoms with Crippen LogP contribution in [0, 0.1) is 5.92 Å². The van der Waals surface area contributed by atoms with Gasteiger partial charge in [0.15, 0.2) is 0 Å². The fraction of sp³-hybridized carbons (Fsp3) is 0.636. The van der Waals surface area contributed by atoms with Gasteiger partial charge in [0.2, 0.25) is 0 Å². The summed E-state index contributed by atoms with van der Waals surface area (Å²) < 4.78 is 11.0. The third-order valence-electron chi connectivity index (χ3n) is 4.99. The van der Waals surface area contributed by atoms with Crippen molar-refractivity contribution in [2.75, 3.05) is 0 Å². The summed E-state index contributed by atoms with van der Waals surface area (Å²) in [4.78, 5) is 24.4. The fourth-order valence-electron chi connectivity index (χ4n) is 3.82. The van der Waals surface area contributed by atoms with Gasteiger partial charge in [0.25, 0.3) is 0 Å². The lowest BCUT2D eigenvalue weighted by molar-refractivity contribution is -0.152. The monoisotopic (exact) mass is 375 g/mol. The van der Waals surface area contributed by atoms with Gasteiger partial charge in [-0.15, -0.1) is 0 Å². The van der Waals surface area contributed by atoms with E-state index in [1.54, 1.807) is 27.7 Å². The van der Waals surface area contributed by atoms with Gasteiger partial charge in [0.1, 0.15) is 17.7 Å². The van der Waals surface area contributed by atoms with Crippen molar-refractivity contribution in [3.05, 3.63) is 35.9 Å². The van der Waals surface area contributed by atoms with E-state index in [0.29, 0.717) is 5.92 Å². The molecule has 1 aromatic carbocycles. The van der Waals surface area contributed by atoms with Crippen molar-refractivity contribution < 1.29 is 19.1 Å². The van der Waals surface area contributed by atoms with Crippen LogP contribution in [0.1, 0.15) is 71.8 Å². The van der Waals surface area contributed by atoms with Gasteiger partial charge in [-0.1, -0.05) is 43.2 Å². The molecule has 150 valence electrons. The van der Waals surface area contributed by atoms with Crippen LogP contribution in [-0.2, 0) is 14.3 Å². The first-order valence-corrected chi connectivity index (χ1v) is 9.92. The maximum Gasteiger partial charge on any atom is 0.408 e. The Bertz CT molecular complexity index is 617. The number of ether oxygens (including phenoxy) is 2. The average Bonchev–Trinajstić information content (AvgIpc) is 3.08. The summed E-state index contributed by atoms with van der Waals surface area (Å²) in [6, 6.07) is 9.50. The van der Waals surface area contributed by atoms with Gasteiger partial charge in [-0.2, -0.15) is 0 Å². The smallest absolute Gasteiger partial charge is 0.408 e. The number of nitrogens with one attached hydrogen (secondary N) is 1. The zero-order valence-electron chi connectivity index (χ0n) is 17.2. The third-order valence-corrected chi connectivity index (χ3v) is 4.99. The first-order chi connectivity index (χ1) is 12.7. The Kier molecular flexibility index (Phi) is 7.28. The summed E-state index contributed by atoms with van der Waals surface area (Å²) in [5, 5.41) is 2.55. The highest BCUT2D eigenvalue weighted by Gasteiger charge is 2.33. The third kappa shape index (κ3) is 6.56. The molecule has 1 fully saturated rings. The first kappa shape index (κ1) is 21.3. The molecule has 1 aromatic rings. The maximum atomic E-state index is 12.5. The summed E-state index contributed by atoms with van der Waals surface area (Å²) in [7, 11) is 0. The molecule has 0 saturated heterocycles. The minimum absolute atomic E-state index is 0.173. The maximum absolute atomic E-state index is 12.5. The molecule has 2 rings (SSSR count). The minimum Gasteiger partial charge on any atom is -0.460 e. The highest BCUT2D eigenvalue weighted by Crippen LogP contribution is 2.40. The van der Waals surface area contributed by atoms with Gasteiger partial charge in [-0.3, -0.25) is 0 Å². The van der Waals surface area contributed by atoms with E-state index in [0.717, 1.165) is 12.8 Å². The van der Waals surface area contributed by atoms with Crippen LogP contribution in [-0.4, -0.2) is 29.8 Å². The van der Waals surface area contributed by atoms with Crippen molar-refractivity contribution >= 4 is 12.1 Å². The fourth-order valence-corrected chi connectivity index (χ4v) is 3.82. The van der Waals surface area contributed by atoms with Crippen LogP contribution in [0.2, 0.25) is 0 Å². The van der Waals surface area contributed by atoms with Gasteiger partial charge >= 0.3 is 12.1 Å². The van der Waals surface area contributed by atoms with Gasteiger partial charge in [0.05, 0.1) is 0 Å². The Morgan fingerprint density at radius 1 is 1.07 bits per heavy atom. The predicted octanol–water partition coefficient (Wildman–Crippen LogP) is 4.81. The van der Waals surface area contributed by atoms with Crippen molar-refractivity contribution in [1.82, 2.24) is 5.32 Å². The van der Waals surface area contributed by atoms with E-state index < -0.39 is 23.7 Å². The van der Waals surface area contributed by atoms with Crippen molar-refractivity contribution in [1.29, 1.82) is 0 Å². The Hall–Kier alpha value is -2.04. The van der Waals surface area contributed by atoms with Gasteiger partial charge in [-0.05, 0) is 58.9 Å². The molecule has 27 heavy (non-hydrogen) atoms. The largest absolute Gasteiger partial charge is 0.460 e. The van der Waals surface area contributed by atoms with E-state index >= 15 is 0 Å². The number of amides is 1. The number of carbonyl (C=O) groups excluding carboxylic acids is 2. The predicted molar refractivity (Wildman–Crippen MR) is 106 cm³/mol. The summed E-state index contributed by atoms with van der Waals surface area (Å²) in [6.07, 6.45) is 3.90. The zero-order chi connectivity index (χ0) is 20.0. The SMILES string of the molecule is CC(OC(=O)[C@H](C)NC(=O)OC(C)(C)C)[C@H](c1ccccc1)C1CCCC1. The van der Waals surface area contributed by atoms with Crippen molar-refractivity contribution in [2.45, 2.75) is 84.0 Å². The molecule has 1 unspecified atom stereocenters. The molecular formula is C22H33NO4. The van der Waals surface area contributed by atoms with Crippen LogP contribution in [0.4, 0.5) is 4.79 Å². The van der Waals surface area contributed by atoms with E-state index in [4.69, 9.17) is 9.47 Å². The lowest BCUT2D eigenvalue weighted by Gasteiger charge is -2.30. The van der Waals surface area contributed by atoms with E-state index in [-0.39, 0.29) is 12.0 Å². The second-order valence-electron chi connectivity index (χ2n) is 8.49. The van der Waals surface area contributed by atoms with E-state index in [1.165, 1.54) is 18.4 Å². The van der Waals surface area contributed by atoms with Crippen molar-refractivity contribution in [3.63, 3.8) is 0 Å². The average molecular weight is 376 g/mol. The number of hydrogen-bond acceptors (Lipinski definition) is 4. The lowest BCUT2D eigenvalue weighted by Crippen LogP contribution is -2.43. The zero-order valence-corrected chi connectivity index (χ0v) is 17.2. The molecule has 0 spiro atoms. The molecule has 0 aliphatic heterocycles. The molecule has 1 aliphatic rings. The number of rotatable bonds is 6. The van der Waals surface area contributed by atoms with Crippen molar-refractivity contribution in [3.8, 4) is 0 Å². The second kappa shape index (κ2) is 9.25. The topological polar surface area (TPSA) is 64.6 Å². The summed E-state index contributed by atoms with van der Waals surface area (Å²) in [5.74, 6) is 0.253. The van der Waals surface area contributed by atoms with Crippen LogP contribution in [0.25, 0.3) is 0 Å². The molecule has 1 N–H and O–H groups in total. The lowest BCUT2D eigenvalue weighted by atomic mass is 9.81. The van der Waals surface area contributed by atoms with Crippen LogP contribution < -0.4 is 5.32 Å². The van der Waals surface area contributed by atoms with Gasteiger partial charge in [-0.25, -0.2) is 9.59 Å². The van der Waals surface area contributed by atoms with Crippen LogP contribution in [0.15, 0.2) is 30.3 Å². The summed E-state index contributed by atoms with van der Waals surface area (Å²) in [6.45, 7) is 8.91. The molecule has 1 aliphatic carbocycles. The van der Waals surface area contributed by atoms with Gasteiger partial charge in [0, 0.05) is 5.92 Å². The highest BCUT2D eigenvalue weighted by atomic mass is 16.6. The summed E-state index contributed by atoms with van der Waals surface area (Å²) >= 11 is 0. The molecular weight excluding hydrogens is 342 g/mol. The van der Waals surface area contributed by atoms with Gasteiger partial charge < -0.3 is 14.8 Å². The minimum atomic E-state index is -0.762. The standard InChI is InChI=1S/C22H33NO4/c1-15(23-21(25)27-22(3,4)5)20(24)26-16(2)19(18-13-9-10-14-18)17-11-7-6-8-12-17/h6-8,11-12,15-16,18-19H,9-10,13-14H2,1-5H3,(H,23,25)/t15-,16?,19+/m0/s1. The summed E-state index contributed by atoms with van der Waals surface area (Å²) in [5.41, 5.74) is 0.597. The molecule has 0 radical (unpaired) electrons. The molecule has 1 amide bonds. The number of benzene rings is 1. The number of hydrogen-bond donors (Lipinski definition) is 1. The molecule has 5 heteroatoms. The van der Waals surface area contributed by atoms with E-state index in [2.05, 4.69) is 17.4 Å². The molecule has 1 saturated carbocycles. The Labute approximate surface area is 162 Å². The quantitative estimate of drug-likeness (QED) is 0.725. The molecule has 0 heterocycles. The highest BCUT2D eigenvalue weighted by molar-refractivity contribution is 5.81. The molecule has 0 bridgehead atoms. The second-order valence-corrected chi connectivity index (χ2v) is 8.49. The normalized spacial score (nSPS) is 18.4. The first-order valence-electron chi connectivity index (χ1n) is 9.92. The number of alkyl carbamates (subject to hydrolysis) is 1. The Morgan fingerprint density at radius 3 is 2.22 bits per heavy atom. The molecule has 3 atom stereocenters. The van der Waals surface area contributed by atoms with Crippen LogP contribution in [0.5, 0.6) is 0 Å². The van der Waals surface area contributed by atoms with Crippen molar-refractivity contribution in [2.24, 2.45) is 5.92 Å². The molecule has 5 nitrogen and oxygen atoms in total. The van der Waals surface area contributed by atoms with Crippen LogP contribution in [0.3, 0.4) is 0 Å². The number of esters is 1. The van der Waals surface area contributed by atoms with E-state index in [9.17, 15) is 9.59 Å².